The third-order valence-electron chi connectivity index (χ3n) is 4.45. The maximum atomic E-state index is 12.1. The van der Waals surface area contributed by atoms with Crippen LogP contribution in [0.1, 0.15) is 56.9 Å². The fourth-order valence-electron chi connectivity index (χ4n) is 2.98. The van der Waals surface area contributed by atoms with E-state index in [4.69, 9.17) is 4.42 Å². The van der Waals surface area contributed by atoms with Crippen molar-refractivity contribution in [1.29, 1.82) is 0 Å². The summed E-state index contributed by atoms with van der Waals surface area (Å²) in [6.45, 7) is 7.01. The molecular weight excluding hydrogens is 266 g/mol. The van der Waals surface area contributed by atoms with Crippen molar-refractivity contribution in [3.63, 3.8) is 0 Å². The van der Waals surface area contributed by atoms with Crippen molar-refractivity contribution in [3.05, 3.63) is 17.8 Å². The Hall–Kier alpha value is -1.36. The quantitative estimate of drug-likeness (QED) is 0.904. The minimum absolute atomic E-state index is 0.198. The van der Waals surface area contributed by atoms with Crippen molar-refractivity contribution in [2.45, 2.75) is 58.0 Å². The molecule has 2 fully saturated rings. The Bertz CT molecular complexity index is 485. The highest BCUT2D eigenvalue weighted by Gasteiger charge is 2.30. The molecule has 5 heteroatoms. The van der Waals surface area contributed by atoms with Crippen LogP contribution >= 0.6 is 0 Å². The first-order valence-corrected chi connectivity index (χ1v) is 8.08. The summed E-state index contributed by atoms with van der Waals surface area (Å²) >= 11 is 0. The van der Waals surface area contributed by atoms with E-state index in [1.54, 1.807) is 6.39 Å². The zero-order valence-corrected chi connectivity index (χ0v) is 13.0. The minimum atomic E-state index is 0.198. The lowest BCUT2D eigenvalue weighted by molar-refractivity contribution is -0.126. The number of oxazole rings is 1. The fraction of sp³-hybridized carbons (Fsp3) is 0.750. The number of likely N-dealkylation sites (tertiary alicyclic amines) is 1. The molecule has 2 aliphatic rings. The Kier molecular flexibility index (Phi) is 4.29. The van der Waals surface area contributed by atoms with Crippen LogP contribution in [0, 0.1) is 5.92 Å². The molecule has 3 rings (SSSR count). The second kappa shape index (κ2) is 6.18. The van der Waals surface area contributed by atoms with Gasteiger partial charge in [0.15, 0.2) is 6.39 Å². The lowest BCUT2D eigenvalue weighted by Gasteiger charge is -2.31. The Labute approximate surface area is 126 Å². The SMILES string of the molecule is CC(C)c1ocnc1CN1CCC(C(=O)NC2CC2)CC1. The summed E-state index contributed by atoms with van der Waals surface area (Å²) in [6, 6.07) is 0.472. The lowest BCUT2D eigenvalue weighted by atomic mass is 9.95. The molecule has 1 N–H and O–H groups in total. The maximum absolute atomic E-state index is 12.1. The minimum Gasteiger partial charge on any atom is -0.448 e. The van der Waals surface area contributed by atoms with Crippen molar-refractivity contribution in [2.75, 3.05) is 13.1 Å². The van der Waals surface area contributed by atoms with Crippen molar-refractivity contribution in [3.8, 4) is 0 Å². The number of carbonyl (C=O) groups is 1. The van der Waals surface area contributed by atoms with E-state index in [1.165, 1.54) is 0 Å². The molecule has 1 aliphatic carbocycles. The summed E-state index contributed by atoms with van der Waals surface area (Å²) < 4.78 is 5.48. The summed E-state index contributed by atoms with van der Waals surface area (Å²) in [7, 11) is 0. The number of hydrogen-bond acceptors (Lipinski definition) is 4. The van der Waals surface area contributed by atoms with Crippen molar-refractivity contribution in [1.82, 2.24) is 15.2 Å². The van der Waals surface area contributed by atoms with Crippen LogP contribution in [0.25, 0.3) is 0 Å². The highest BCUT2D eigenvalue weighted by Crippen LogP contribution is 2.25. The predicted molar refractivity (Wildman–Crippen MR) is 79.8 cm³/mol. The van der Waals surface area contributed by atoms with Crippen LogP contribution in [-0.4, -0.2) is 34.9 Å². The summed E-state index contributed by atoms with van der Waals surface area (Å²) in [5.74, 6) is 1.82. The number of piperidine rings is 1. The van der Waals surface area contributed by atoms with Crippen LogP contribution in [0.2, 0.25) is 0 Å². The molecule has 0 bridgehead atoms. The van der Waals surface area contributed by atoms with E-state index in [0.717, 1.165) is 56.8 Å². The van der Waals surface area contributed by atoms with E-state index < -0.39 is 0 Å². The maximum Gasteiger partial charge on any atom is 0.223 e. The monoisotopic (exact) mass is 291 g/mol. The molecule has 21 heavy (non-hydrogen) atoms. The molecule has 1 aliphatic heterocycles. The molecule has 0 aromatic carbocycles. The van der Waals surface area contributed by atoms with Crippen LogP contribution < -0.4 is 5.32 Å². The second-order valence-corrected chi connectivity index (χ2v) is 6.65. The number of carbonyl (C=O) groups excluding carboxylic acids is 1. The normalized spacial score (nSPS) is 20.9. The summed E-state index contributed by atoms with van der Waals surface area (Å²) in [4.78, 5) is 18.8. The Balaban J connectivity index is 1.49. The average molecular weight is 291 g/mol. The highest BCUT2D eigenvalue weighted by atomic mass is 16.3. The molecule has 0 unspecified atom stereocenters. The van der Waals surface area contributed by atoms with Crippen LogP contribution in [0.5, 0.6) is 0 Å². The number of nitrogens with one attached hydrogen (secondary N) is 1. The molecule has 0 atom stereocenters. The van der Waals surface area contributed by atoms with Gasteiger partial charge in [0.25, 0.3) is 0 Å². The van der Waals surface area contributed by atoms with Gasteiger partial charge in [-0.25, -0.2) is 4.98 Å². The predicted octanol–water partition coefficient (Wildman–Crippen LogP) is 2.29. The smallest absolute Gasteiger partial charge is 0.223 e. The Morgan fingerprint density at radius 1 is 1.38 bits per heavy atom. The zero-order chi connectivity index (χ0) is 14.8. The van der Waals surface area contributed by atoms with Gasteiger partial charge in [-0.2, -0.15) is 0 Å². The van der Waals surface area contributed by atoms with Crippen LogP contribution in [0.4, 0.5) is 0 Å². The fourth-order valence-corrected chi connectivity index (χ4v) is 2.98. The zero-order valence-electron chi connectivity index (χ0n) is 13.0. The number of amides is 1. The van der Waals surface area contributed by atoms with E-state index in [0.29, 0.717) is 12.0 Å². The van der Waals surface area contributed by atoms with Gasteiger partial charge in [-0.05, 0) is 38.8 Å². The van der Waals surface area contributed by atoms with Gasteiger partial charge in [0.2, 0.25) is 5.91 Å². The second-order valence-electron chi connectivity index (χ2n) is 6.65. The summed E-state index contributed by atoms with van der Waals surface area (Å²) in [5, 5.41) is 3.12. The number of nitrogens with zero attached hydrogens (tertiary/aromatic N) is 2. The molecule has 1 amide bonds. The molecule has 5 nitrogen and oxygen atoms in total. The van der Waals surface area contributed by atoms with Crippen LogP contribution in [0.3, 0.4) is 0 Å². The number of rotatable bonds is 5. The first kappa shape index (κ1) is 14.6. The molecule has 0 spiro atoms. The van der Waals surface area contributed by atoms with E-state index in [-0.39, 0.29) is 11.8 Å². The summed E-state index contributed by atoms with van der Waals surface area (Å²) in [5.41, 5.74) is 1.05. The topological polar surface area (TPSA) is 58.4 Å². The number of hydrogen-bond donors (Lipinski definition) is 1. The third-order valence-corrected chi connectivity index (χ3v) is 4.45. The molecule has 0 radical (unpaired) electrons. The molecule has 1 saturated heterocycles. The molecule has 1 aromatic rings. The molecule has 2 heterocycles. The van der Waals surface area contributed by atoms with Gasteiger partial charge >= 0.3 is 0 Å². The molecule has 1 saturated carbocycles. The molecule has 1 aromatic heterocycles. The van der Waals surface area contributed by atoms with Crippen molar-refractivity contribution < 1.29 is 9.21 Å². The van der Waals surface area contributed by atoms with Crippen LogP contribution in [0.15, 0.2) is 10.8 Å². The first-order chi connectivity index (χ1) is 10.1. The van der Waals surface area contributed by atoms with Crippen molar-refractivity contribution >= 4 is 5.91 Å². The van der Waals surface area contributed by atoms with E-state index in [1.807, 2.05) is 0 Å². The number of aromatic nitrogens is 1. The highest BCUT2D eigenvalue weighted by molar-refractivity contribution is 5.79. The first-order valence-electron chi connectivity index (χ1n) is 8.08. The Morgan fingerprint density at radius 3 is 2.71 bits per heavy atom. The van der Waals surface area contributed by atoms with E-state index in [9.17, 15) is 4.79 Å². The summed E-state index contributed by atoms with van der Waals surface area (Å²) in [6.07, 6.45) is 5.77. The van der Waals surface area contributed by atoms with Gasteiger partial charge in [0.1, 0.15) is 5.76 Å². The average Bonchev–Trinajstić information content (AvgIpc) is 3.15. The molecule has 116 valence electrons. The molecular formula is C16H25N3O2. The van der Waals surface area contributed by atoms with Gasteiger partial charge in [-0.1, -0.05) is 13.8 Å². The van der Waals surface area contributed by atoms with Gasteiger partial charge in [-0.3, -0.25) is 9.69 Å². The van der Waals surface area contributed by atoms with Gasteiger partial charge in [-0.15, -0.1) is 0 Å². The Morgan fingerprint density at radius 2 is 2.10 bits per heavy atom. The third kappa shape index (κ3) is 3.64. The van der Waals surface area contributed by atoms with Gasteiger partial charge in [0.05, 0.1) is 5.69 Å². The van der Waals surface area contributed by atoms with Crippen molar-refractivity contribution in [2.24, 2.45) is 5.92 Å². The van der Waals surface area contributed by atoms with E-state index in [2.05, 4.69) is 29.0 Å². The largest absolute Gasteiger partial charge is 0.448 e. The lowest BCUT2D eigenvalue weighted by Crippen LogP contribution is -2.41. The van der Waals surface area contributed by atoms with Crippen LogP contribution in [-0.2, 0) is 11.3 Å². The van der Waals surface area contributed by atoms with E-state index >= 15 is 0 Å². The standard InChI is InChI=1S/C16H25N3O2/c1-11(2)15-14(17-10-21-15)9-19-7-5-12(6-8-19)16(20)18-13-3-4-13/h10-13H,3-9H2,1-2H3,(H,18,20). The van der Waals surface area contributed by atoms with Gasteiger partial charge < -0.3 is 9.73 Å². The van der Waals surface area contributed by atoms with Gasteiger partial charge in [0, 0.05) is 24.4 Å².